The van der Waals surface area contributed by atoms with Gasteiger partial charge in [0.25, 0.3) is 0 Å². The summed E-state index contributed by atoms with van der Waals surface area (Å²) in [6.45, 7) is 0. The van der Waals surface area contributed by atoms with Crippen LogP contribution in [0, 0.1) is 10.1 Å². The Morgan fingerprint density at radius 2 is 1.84 bits per heavy atom. The minimum absolute atomic E-state index is 0.347. The SMILES string of the molecule is Nc1c(CS(=O)[O-])c([N+](=O)[O-])nn1-c1c(Cl)cc(C(F)(F)F)cc1Cl. The second-order valence-corrected chi connectivity index (χ2v) is 6.30. The Morgan fingerprint density at radius 3 is 2.24 bits per heavy atom. The number of halogens is 5. The zero-order chi connectivity index (χ0) is 19.1. The Labute approximate surface area is 149 Å². The number of hydrogen-bond donors (Lipinski definition) is 1. The van der Waals surface area contributed by atoms with Crippen LogP contribution in [-0.4, -0.2) is 23.5 Å². The first-order chi connectivity index (χ1) is 11.4. The van der Waals surface area contributed by atoms with Crippen LogP contribution in [0.4, 0.5) is 24.8 Å². The van der Waals surface area contributed by atoms with E-state index in [9.17, 15) is 32.0 Å². The minimum atomic E-state index is -4.72. The Balaban J connectivity index is 2.71. The number of nitrogens with two attached hydrogens (primary N) is 1. The normalized spacial score (nSPS) is 13.0. The highest BCUT2D eigenvalue weighted by Crippen LogP contribution is 2.39. The number of hydrogen-bond acceptors (Lipinski definition) is 6. The maximum Gasteiger partial charge on any atom is 0.416 e. The lowest BCUT2D eigenvalue weighted by Gasteiger charge is -2.11. The summed E-state index contributed by atoms with van der Waals surface area (Å²) in [5.74, 6) is -2.19. The molecule has 0 spiro atoms. The Bertz CT molecular complexity index is 864. The summed E-state index contributed by atoms with van der Waals surface area (Å²) in [4.78, 5) is 10.0. The maximum absolute atomic E-state index is 12.8. The van der Waals surface area contributed by atoms with Crippen LogP contribution < -0.4 is 5.73 Å². The third-order valence-corrected chi connectivity index (χ3v) is 4.09. The summed E-state index contributed by atoms with van der Waals surface area (Å²) in [6.07, 6.45) is -4.72. The fourth-order valence-corrected chi connectivity index (χ4v) is 3.12. The van der Waals surface area contributed by atoms with Gasteiger partial charge in [0.05, 0.1) is 20.7 Å². The molecule has 1 aromatic carbocycles. The molecule has 136 valence electrons. The largest absolute Gasteiger partial charge is 0.772 e. The van der Waals surface area contributed by atoms with Crippen LogP contribution in [0.15, 0.2) is 12.1 Å². The molecule has 0 fully saturated rings. The van der Waals surface area contributed by atoms with Crippen LogP contribution in [0.3, 0.4) is 0 Å². The third-order valence-electron chi connectivity index (χ3n) is 2.99. The van der Waals surface area contributed by atoms with E-state index in [4.69, 9.17) is 28.9 Å². The molecule has 2 N–H and O–H groups in total. The molecule has 0 amide bonds. The second-order valence-electron chi connectivity index (χ2n) is 4.59. The molecule has 0 radical (unpaired) electrons. The summed E-state index contributed by atoms with van der Waals surface area (Å²) in [5.41, 5.74) is 3.73. The lowest BCUT2D eigenvalue weighted by atomic mass is 10.2. The fraction of sp³-hybridized carbons (Fsp3) is 0.182. The van der Waals surface area contributed by atoms with Crippen molar-refractivity contribution in [1.82, 2.24) is 9.78 Å². The van der Waals surface area contributed by atoms with Crippen molar-refractivity contribution in [2.75, 3.05) is 5.73 Å². The van der Waals surface area contributed by atoms with Gasteiger partial charge in [0, 0.05) is 5.75 Å². The zero-order valence-corrected chi connectivity index (χ0v) is 14.0. The van der Waals surface area contributed by atoms with Gasteiger partial charge in [-0.05, 0) is 17.1 Å². The molecule has 2 aromatic rings. The average Bonchev–Trinajstić information content (AvgIpc) is 2.75. The first-order valence-electron chi connectivity index (χ1n) is 6.07. The van der Waals surface area contributed by atoms with Crippen molar-refractivity contribution in [2.24, 2.45) is 0 Å². The Hall–Kier alpha value is -1.89. The number of nitrogen functional groups attached to an aromatic ring is 1. The fourth-order valence-electron chi connectivity index (χ4n) is 1.96. The van der Waals surface area contributed by atoms with E-state index in [-0.39, 0.29) is 5.69 Å². The van der Waals surface area contributed by atoms with Gasteiger partial charge >= 0.3 is 12.0 Å². The molecular weight excluding hydrogens is 412 g/mol. The van der Waals surface area contributed by atoms with E-state index in [1.807, 2.05) is 0 Å². The summed E-state index contributed by atoms with van der Waals surface area (Å²) >= 11 is 8.88. The lowest BCUT2D eigenvalue weighted by molar-refractivity contribution is -0.390. The zero-order valence-electron chi connectivity index (χ0n) is 11.7. The first kappa shape index (κ1) is 19.4. The summed E-state index contributed by atoms with van der Waals surface area (Å²) in [5, 5.41) is 13.5. The van der Waals surface area contributed by atoms with Gasteiger partial charge in [-0.3, -0.25) is 4.21 Å². The molecule has 0 bridgehead atoms. The molecule has 1 atom stereocenters. The van der Waals surface area contributed by atoms with Crippen molar-refractivity contribution in [3.8, 4) is 5.69 Å². The number of anilines is 1. The van der Waals surface area contributed by atoms with Gasteiger partial charge in [0.15, 0.2) is 5.82 Å². The van der Waals surface area contributed by atoms with E-state index in [2.05, 4.69) is 5.10 Å². The van der Waals surface area contributed by atoms with Crippen LogP contribution >= 0.6 is 23.2 Å². The Morgan fingerprint density at radius 1 is 1.32 bits per heavy atom. The van der Waals surface area contributed by atoms with E-state index in [0.29, 0.717) is 16.8 Å². The predicted molar refractivity (Wildman–Crippen MR) is 82.3 cm³/mol. The van der Waals surface area contributed by atoms with E-state index < -0.39 is 60.7 Å². The molecule has 1 aromatic heterocycles. The molecule has 1 heterocycles. The number of nitro groups is 1. The van der Waals surface area contributed by atoms with E-state index in [0.717, 1.165) is 0 Å². The van der Waals surface area contributed by atoms with Crippen molar-refractivity contribution in [3.05, 3.63) is 43.4 Å². The molecule has 14 heteroatoms. The van der Waals surface area contributed by atoms with E-state index in [1.54, 1.807) is 0 Å². The molecule has 25 heavy (non-hydrogen) atoms. The Kier molecular flexibility index (Phi) is 5.27. The molecule has 0 aliphatic heterocycles. The van der Waals surface area contributed by atoms with Crippen molar-refractivity contribution < 1.29 is 26.9 Å². The highest BCUT2D eigenvalue weighted by molar-refractivity contribution is 7.78. The van der Waals surface area contributed by atoms with Crippen LogP contribution in [0.25, 0.3) is 5.69 Å². The monoisotopic (exact) mass is 417 g/mol. The second kappa shape index (κ2) is 6.78. The minimum Gasteiger partial charge on any atom is -0.772 e. The number of alkyl halides is 3. The van der Waals surface area contributed by atoms with E-state index >= 15 is 0 Å². The number of benzene rings is 1. The van der Waals surface area contributed by atoms with Crippen molar-refractivity contribution in [2.45, 2.75) is 11.9 Å². The van der Waals surface area contributed by atoms with Crippen LogP contribution in [0.2, 0.25) is 10.0 Å². The summed E-state index contributed by atoms with van der Waals surface area (Å²) < 4.78 is 60.6. The van der Waals surface area contributed by atoms with Crippen LogP contribution in [0.5, 0.6) is 0 Å². The van der Waals surface area contributed by atoms with Gasteiger partial charge < -0.3 is 20.4 Å². The maximum atomic E-state index is 12.8. The predicted octanol–water partition coefficient (Wildman–Crippen LogP) is 3.07. The lowest BCUT2D eigenvalue weighted by Crippen LogP contribution is -2.09. The standard InChI is InChI=1S/C11H7Cl2F3N4O4S/c12-6-1-4(11(14,15)16)2-7(13)8(6)19-9(17)5(3-25(23)24)10(18-19)20(21)22/h1-2H,3,17H2,(H,23,24)/p-1. The number of nitrogens with zero attached hydrogens (tertiary/aromatic N) is 3. The highest BCUT2D eigenvalue weighted by Gasteiger charge is 2.34. The van der Waals surface area contributed by atoms with Crippen LogP contribution in [-0.2, 0) is 23.0 Å². The topological polar surface area (TPSA) is 127 Å². The molecule has 8 nitrogen and oxygen atoms in total. The summed E-state index contributed by atoms with van der Waals surface area (Å²) in [6, 6.07) is 1.09. The smallest absolute Gasteiger partial charge is 0.416 e. The third kappa shape index (κ3) is 3.86. The van der Waals surface area contributed by atoms with Crippen molar-refractivity contribution in [1.29, 1.82) is 0 Å². The van der Waals surface area contributed by atoms with Gasteiger partial charge in [-0.25, -0.2) is 0 Å². The molecule has 0 saturated heterocycles. The number of rotatable bonds is 4. The van der Waals surface area contributed by atoms with Gasteiger partial charge in [0.2, 0.25) is 0 Å². The first-order valence-corrected chi connectivity index (χ1v) is 8.07. The van der Waals surface area contributed by atoms with Crippen molar-refractivity contribution >= 4 is 45.9 Å². The molecular formula is C11H6Cl2F3N4O4S-. The molecule has 2 rings (SSSR count). The highest BCUT2D eigenvalue weighted by atomic mass is 35.5. The molecule has 0 aliphatic rings. The molecule has 1 unspecified atom stereocenters. The summed E-state index contributed by atoms with van der Waals surface area (Å²) in [7, 11) is 0. The number of aromatic nitrogens is 2. The molecule has 0 aliphatic carbocycles. The van der Waals surface area contributed by atoms with Crippen molar-refractivity contribution in [3.63, 3.8) is 0 Å². The molecule has 0 saturated carbocycles. The van der Waals surface area contributed by atoms with Gasteiger partial charge in [0.1, 0.15) is 11.3 Å². The van der Waals surface area contributed by atoms with Gasteiger partial charge in [-0.15, -0.1) is 4.68 Å². The van der Waals surface area contributed by atoms with Gasteiger partial charge in [-0.1, -0.05) is 34.3 Å². The quantitative estimate of drug-likeness (QED) is 0.462. The van der Waals surface area contributed by atoms with Crippen LogP contribution in [0.1, 0.15) is 11.1 Å². The average molecular weight is 418 g/mol. The van der Waals surface area contributed by atoms with E-state index in [1.165, 1.54) is 0 Å². The van der Waals surface area contributed by atoms with Gasteiger partial charge in [-0.2, -0.15) is 13.2 Å².